The Morgan fingerprint density at radius 1 is 0.867 bits per heavy atom. The maximum absolute atomic E-state index is 14.5. The van der Waals surface area contributed by atoms with E-state index in [1.807, 2.05) is 68.4 Å². The summed E-state index contributed by atoms with van der Waals surface area (Å²) in [7, 11) is -4.30. The molecular weight excluding hydrogens is 697 g/mol. The standard InChI is InChI=1S/C34H34BrCl2N3O4S/c1-3-20-38-34(42)31(21-25-8-5-4-6-9-25)39(22-26-14-16-27(35)17-15-26)32(41)23-40(30-11-7-10-29(36)33(30)37)45(43,44)28-18-12-24(2)13-19-28/h4-19,31H,3,20-23H2,1-2H3,(H,38,42)/t31-/m1/s1. The number of anilines is 1. The summed E-state index contributed by atoms with van der Waals surface area (Å²) in [5.74, 6) is -0.919. The van der Waals surface area contributed by atoms with Crippen molar-refractivity contribution in [3.05, 3.63) is 128 Å². The van der Waals surface area contributed by atoms with Gasteiger partial charge in [-0.1, -0.05) is 112 Å². The van der Waals surface area contributed by atoms with E-state index in [1.54, 1.807) is 24.3 Å². The summed E-state index contributed by atoms with van der Waals surface area (Å²) in [5.41, 5.74) is 2.54. The normalized spacial score (nSPS) is 11.9. The largest absolute Gasteiger partial charge is 0.354 e. The lowest BCUT2D eigenvalue weighted by molar-refractivity contribution is -0.140. The maximum atomic E-state index is 14.5. The number of nitrogens with one attached hydrogen (secondary N) is 1. The molecule has 4 aromatic carbocycles. The topological polar surface area (TPSA) is 86.8 Å². The minimum atomic E-state index is -4.30. The van der Waals surface area contributed by atoms with E-state index < -0.39 is 28.5 Å². The van der Waals surface area contributed by atoms with Gasteiger partial charge in [0.25, 0.3) is 10.0 Å². The molecule has 0 aliphatic carbocycles. The van der Waals surface area contributed by atoms with E-state index >= 15 is 0 Å². The van der Waals surface area contributed by atoms with E-state index in [9.17, 15) is 18.0 Å². The summed E-state index contributed by atoms with van der Waals surface area (Å²) in [6, 6.07) is 26.8. The molecule has 4 aromatic rings. The van der Waals surface area contributed by atoms with Crippen LogP contribution in [0.3, 0.4) is 0 Å². The van der Waals surface area contributed by atoms with Crippen LogP contribution in [0.15, 0.2) is 106 Å². The number of benzene rings is 4. The highest BCUT2D eigenvalue weighted by atomic mass is 79.9. The summed E-state index contributed by atoms with van der Waals surface area (Å²) in [6.45, 7) is 3.66. The highest BCUT2D eigenvalue weighted by molar-refractivity contribution is 9.10. The number of carbonyl (C=O) groups excluding carboxylic acids is 2. The Balaban J connectivity index is 1.82. The number of hydrogen-bond acceptors (Lipinski definition) is 4. The lowest BCUT2D eigenvalue weighted by atomic mass is 10.0. The third-order valence-corrected chi connectivity index (χ3v) is 10.3. The number of sulfonamides is 1. The van der Waals surface area contributed by atoms with Crippen LogP contribution in [0.4, 0.5) is 5.69 Å². The summed E-state index contributed by atoms with van der Waals surface area (Å²) in [6.07, 6.45) is 0.932. The van der Waals surface area contributed by atoms with Gasteiger partial charge >= 0.3 is 0 Å². The smallest absolute Gasteiger partial charge is 0.264 e. The minimum absolute atomic E-state index is 0.0105. The first-order valence-electron chi connectivity index (χ1n) is 14.4. The second kappa shape index (κ2) is 15.8. The summed E-state index contributed by atoms with van der Waals surface area (Å²) >= 11 is 16.3. The second-order valence-corrected chi connectivity index (χ2v) is 14.1. The van der Waals surface area contributed by atoms with Crippen molar-refractivity contribution in [2.24, 2.45) is 0 Å². The van der Waals surface area contributed by atoms with Gasteiger partial charge < -0.3 is 10.2 Å². The maximum Gasteiger partial charge on any atom is 0.264 e. The molecule has 0 saturated carbocycles. The Labute approximate surface area is 283 Å². The third-order valence-electron chi connectivity index (χ3n) is 7.17. The molecule has 0 bridgehead atoms. The van der Waals surface area contributed by atoms with Crippen molar-refractivity contribution in [3.8, 4) is 0 Å². The van der Waals surface area contributed by atoms with Crippen molar-refractivity contribution in [1.29, 1.82) is 0 Å². The molecule has 0 aliphatic rings. The predicted octanol–water partition coefficient (Wildman–Crippen LogP) is 7.43. The van der Waals surface area contributed by atoms with E-state index in [0.29, 0.717) is 13.0 Å². The molecule has 0 aromatic heterocycles. The molecular formula is C34H34BrCl2N3O4S. The molecule has 4 rings (SSSR count). The van der Waals surface area contributed by atoms with Gasteiger partial charge in [-0.15, -0.1) is 0 Å². The highest BCUT2D eigenvalue weighted by Crippen LogP contribution is 2.35. The van der Waals surface area contributed by atoms with Gasteiger partial charge in [0, 0.05) is 24.0 Å². The molecule has 0 unspecified atom stereocenters. The van der Waals surface area contributed by atoms with Gasteiger partial charge in [-0.25, -0.2) is 8.42 Å². The molecule has 0 aliphatic heterocycles. The minimum Gasteiger partial charge on any atom is -0.354 e. The molecule has 0 spiro atoms. The lowest BCUT2D eigenvalue weighted by Gasteiger charge is -2.34. The van der Waals surface area contributed by atoms with Crippen molar-refractivity contribution in [2.75, 3.05) is 17.4 Å². The molecule has 0 fully saturated rings. The number of nitrogens with zero attached hydrogens (tertiary/aromatic N) is 2. The number of hydrogen-bond donors (Lipinski definition) is 1. The molecule has 1 atom stereocenters. The first-order valence-corrected chi connectivity index (χ1v) is 17.4. The first kappa shape index (κ1) is 34.5. The van der Waals surface area contributed by atoms with Crippen molar-refractivity contribution < 1.29 is 18.0 Å². The van der Waals surface area contributed by atoms with Crippen LogP contribution in [0, 0.1) is 6.92 Å². The molecule has 2 amide bonds. The van der Waals surface area contributed by atoms with Gasteiger partial charge in [0.1, 0.15) is 12.6 Å². The SMILES string of the molecule is CCCNC(=O)[C@@H](Cc1ccccc1)N(Cc1ccc(Br)cc1)C(=O)CN(c1cccc(Cl)c1Cl)S(=O)(=O)c1ccc(C)cc1. The fourth-order valence-electron chi connectivity index (χ4n) is 4.74. The molecule has 0 heterocycles. The van der Waals surface area contributed by atoms with Crippen molar-refractivity contribution in [1.82, 2.24) is 10.2 Å². The molecule has 11 heteroatoms. The Morgan fingerprint density at radius 2 is 1.53 bits per heavy atom. The molecule has 1 N–H and O–H groups in total. The van der Waals surface area contributed by atoms with Crippen LogP contribution in [0.25, 0.3) is 0 Å². The number of halogens is 3. The van der Waals surface area contributed by atoms with Crippen LogP contribution in [0.1, 0.15) is 30.0 Å². The van der Waals surface area contributed by atoms with Crippen LogP contribution in [-0.2, 0) is 32.6 Å². The van der Waals surface area contributed by atoms with Gasteiger partial charge in [0.05, 0.1) is 20.6 Å². The zero-order valence-corrected chi connectivity index (χ0v) is 28.8. The molecule has 0 radical (unpaired) electrons. The average Bonchev–Trinajstić information content (AvgIpc) is 3.03. The average molecular weight is 732 g/mol. The zero-order valence-electron chi connectivity index (χ0n) is 24.9. The van der Waals surface area contributed by atoms with Gasteiger partial charge in [-0.05, 0) is 60.9 Å². The van der Waals surface area contributed by atoms with E-state index in [0.717, 1.165) is 25.5 Å². The summed E-state index contributed by atoms with van der Waals surface area (Å²) < 4.78 is 30.2. The fourth-order valence-corrected chi connectivity index (χ4v) is 6.88. The Bertz CT molecular complexity index is 1720. The number of rotatable bonds is 13. The predicted molar refractivity (Wildman–Crippen MR) is 184 cm³/mol. The zero-order chi connectivity index (χ0) is 32.6. The van der Waals surface area contributed by atoms with Gasteiger partial charge in [-0.3, -0.25) is 13.9 Å². The van der Waals surface area contributed by atoms with Crippen molar-refractivity contribution in [2.45, 2.75) is 44.2 Å². The Hall–Kier alpha value is -3.37. The summed E-state index contributed by atoms with van der Waals surface area (Å²) in [4.78, 5) is 29.6. The summed E-state index contributed by atoms with van der Waals surface area (Å²) in [5, 5.41) is 3.06. The molecule has 7 nitrogen and oxygen atoms in total. The van der Waals surface area contributed by atoms with Crippen molar-refractivity contribution in [3.63, 3.8) is 0 Å². The highest BCUT2D eigenvalue weighted by Gasteiger charge is 2.35. The van der Waals surface area contributed by atoms with Gasteiger partial charge in [0.2, 0.25) is 11.8 Å². The van der Waals surface area contributed by atoms with Crippen molar-refractivity contribution >= 4 is 66.7 Å². The van der Waals surface area contributed by atoms with Crippen LogP contribution in [0.2, 0.25) is 10.0 Å². The third kappa shape index (κ3) is 8.88. The Kier molecular flexibility index (Phi) is 12.1. The van der Waals surface area contributed by atoms with Crippen LogP contribution in [-0.4, -0.2) is 44.3 Å². The molecule has 236 valence electrons. The lowest BCUT2D eigenvalue weighted by Crippen LogP contribution is -2.53. The van der Waals surface area contributed by atoms with Gasteiger partial charge in [-0.2, -0.15) is 0 Å². The van der Waals surface area contributed by atoms with E-state index in [2.05, 4.69) is 21.2 Å². The number of amides is 2. The van der Waals surface area contributed by atoms with E-state index in [1.165, 1.54) is 23.1 Å². The molecule has 45 heavy (non-hydrogen) atoms. The van der Waals surface area contributed by atoms with Crippen LogP contribution >= 0.6 is 39.1 Å². The Morgan fingerprint density at radius 3 is 2.18 bits per heavy atom. The number of aryl methyl sites for hydroxylation is 1. The fraction of sp³-hybridized carbons (Fsp3) is 0.235. The van der Waals surface area contributed by atoms with Crippen LogP contribution < -0.4 is 9.62 Å². The number of carbonyl (C=O) groups is 2. The second-order valence-electron chi connectivity index (χ2n) is 10.5. The van der Waals surface area contributed by atoms with E-state index in [4.69, 9.17) is 23.2 Å². The molecule has 0 saturated heterocycles. The van der Waals surface area contributed by atoms with Crippen LogP contribution in [0.5, 0.6) is 0 Å². The first-order chi connectivity index (χ1) is 21.5. The van der Waals surface area contributed by atoms with Gasteiger partial charge in [0.15, 0.2) is 0 Å². The monoisotopic (exact) mass is 729 g/mol. The van der Waals surface area contributed by atoms with E-state index in [-0.39, 0.29) is 39.5 Å². The quantitative estimate of drug-likeness (QED) is 0.155.